The summed E-state index contributed by atoms with van der Waals surface area (Å²) in [6.45, 7) is 3.37. The number of carbonyl (C=O) groups excluding carboxylic acids is 3. The van der Waals surface area contributed by atoms with Crippen molar-refractivity contribution >= 4 is 29.2 Å². The van der Waals surface area contributed by atoms with Gasteiger partial charge in [0.05, 0.1) is 26.6 Å². The molecular formula is C34H33NO18S. The number of benzene rings is 3. The number of carbonyl (C=O) groups is 3. The Morgan fingerprint density at radius 2 is 1.07 bits per heavy atom. The second-order valence-corrected chi connectivity index (χ2v) is 13.9. The number of hydrogen-bond donors (Lipinski definition) is 11. The first-order valence-corrected chi connectivity index (χ1v) is 16.2. The fourth-order valence-corrected chi connectivity index (χ4v) is 6.71. The first-order valence-electron chi connectivity index (χ1n) is 15.4. The molecule has 0 aliphatic carbocycles. The van der Waals surface area contributed by atoms with Crippen molar-refractivity contribution in [2.75, 3.05) is 6.61 Å². The number of rotatable bonds is 8. The van der Waals surface area contributed by atoms with Crippen LogP contribution in [-0.4, -0.2) is 109 Å². The minimum absolute atomic E-state index is 0.229. The molecule has 1 saturated heterocycles. The number of aryl methyl sites for hydroxylation is 1. The molecule has 4 aromatic rings. The number of phenolic OH excluding ortho intramolecular Hbond substituents is 9. The number of aromatic hydroxyl groups is 9. The highest BCUT2D eigenvalue weighted by Crippen LogP contribution is 2.57. The largest absolute Gasteiger partial charge is 0.504 e. The molecule has 0 unspecified atom stereocenters. The van der Waals surface area contributed by atoms with Gasteiger partial charge >= 0.3 is 17.9 Å². The molecule has 5 atom stereocenters. The van der Waals surface area contributed by atoms with Gasteiger partial charge in [0.25, 0.3) is 5.79 Å². The second-order valence-electron chi connectivity index (χ2n) is 12.7. The van der Waals surface area contributed by atoms with E-state index in [1.165, 1.54) is 6.92 Å². The molecule has 0 radical (unpaired) electrons. The summed E-state index contributed by atoms with van der Waals surface area (Å²) in [5.74, 6) is -15.7. The predicted molar refractivity (Wildman–Crippen MR) is 178 cm³/mol. The number of aliphatic hydroxyl groups is 2. The monoisotopic (exact) mass is 775 g/mol. The molecule has 11 N–H and O–H groups in total. The van der Waals surface area contributed by atoms with Crippen molar-refractivity contribution in [2.45, 2.75) is 56.4 Å². The van der Waals surface area contributed by atoms with Crippen molar-refractivity contribution < 1.29 is 89.5 Å². The van der Waals surface area contributed by atoms with Crippen LogP contribution in [0.25, 0.3) is 0 Å². The highest BCUT2D eigenvalue weighted by molar-refractivity contribution is 7.11. The lowest BCUT2D eigenvalue weighted by Gasteiger charge is -2.62. The van der Waals surface area contributed by atoms with E-state index in [0.717, 1.165) is 50.4 Å². The molecule has 0 spiro atoms. The zero-order chi connectivity index (χ0) is 40.3. The normalized spacial score (nSPS) is 25.1. The minimum Gasteiger partial charge on any atom is -0.504 e. The molecule has 1 aliphatic heterocycles. The van der Waals surface area contributed by atoms with Crippen LogP contribution in [0.15, 0.2) is 42.6 Å². The van der Waals surface area contributed by atoms with Gasteiger partial charge < -0.3 is 75.1 Å². The number of ether oxygens (including phenoxy) is 4. The molecule has 1 aromatic heterocycles. The van der Waals surface area contributed by atoms with Crippen LogP contribution in [0.1, 0.15) is 61.7 Å². The molecule has 3 aromatic carbocycles. The van der Waals surface area contributed by atoms with Crippen molar-refractivity contribution in [2.24, 2.45) is 0 Å². The average Bonchev–Trinajstić information content (AvgIpc) is 3.54. The number of nitrogens with zero attached hydrogens (tertiary/aromatic N) is 1. The first-order chi connectivity index (χ1) is 25.0. The van der Waals surface area contributed by atoms with Gasteiger partial charge in [-0.3, -0.25) is 0 Å². The van der Waals surface area contributed by atoms with Crippen LogP contribution < -0.4 is 0 Å². The van der Waals surface area contributed by atoms with Gasteiger partial charge in [-0.05, 0) is 64.1 Å². The van der Waals surface area contributed by atoms with Gasteiger partial charge in [-0.2, -0.15) is 0 Å². The molecular weight excluding hydrogens is 742 g/mol. The number of hydrogen-bond acceptors (Lipinski definition) is 20. The summed E-state index contributed by atoms with van der Waals surface area (Å²) >= 11 is 0.776. The molecule has 0 amide bonds. The van der Waals surface area contributed by atoms with Crippen LogP contribution in [0.4, 0.5) is 0 Å². The standard InChI is InChI=1S/C34H33NO18S/c1-13-35-11-24(54-13)34(53-30(47)16-9-21(40)27(44)22(41)10-16)32(3,49)33(4,52-29(46)15-7-19(38)26(43)20(39)8-15)31(2,48)23(51-34)12-50-28(45)14-5-17(36)25(42)18(37)6-14/h5-11,23,36-44,48-49H,12H2,1-4H3/t23-,31-,32-,33+,34-/m1/s1. The van der Waals surface area contributed by atoms with Crippen molar-refractivity contribution in [3.8, 4) is 51.7 Å². The Hall–Kier alpha value is -6.22. The van der Waals surface area contributed by atoms with E-state index in [1.807, 2.05) is 0 Å². The Kier molecular flexibility index (Phi) is 9.62. The van der Waals surface area contributed by atoms with E-state index in [2.05, 4.69) is 4.98 Å². The maximum atomic E-state index is 13.8. The summed E-state index contributed by atoms with van der Waals surface area (Å²) in [6.07, 6.45) is -0.895. The van der Waals surface area contributed by atoms with Crippen molar-refractivity contribution in [3.05, 3.63) is 69.2 Å². The molecule has 19 nitrogen and oxygen atoms in total. The second kappa shape index (κ2) is 13.3. The average molecular weight is 776 g/mol. The van der Waals surface area contributed by atoms with Gasteiger partial charge in [0.1, 0.15) is 18.3 Å². The Bertz CT molecular complexity index is 2110. The van der Waals surface area contributed by atoms with Gasteiger partial charge in [-0.25, -0.2) is 19.4 Å². The molecule has 1 fully saturated rings. The van der Waals surface area contributed by atoms with Crippen LogP contribution >= 0.6 is 11.3 Å². The maximum absolute atomic E-state index is 13.8. The molecule has 2 heterocycles. The lowest BCUT2D eigenvalue weighted by molar-refractivity contribution is -0.431. The van der Waals surface area contributed by atoms with Crippen molar-refractivity contribution in [3.63, 3.8) is 0 Å². The quantitative estimate of drug-likeness (QED) is 0.0694. The molecule has 20 heteroatoms. The summed E-state index contributed by atoms with van der Waals surface area (Å²) in [6, 6.07) is 4.25. The van der Waals surface area contributed by atoms with Gasteiger partial charge in [0.15, 0.2) is 62.9 Å². The van der Waals surface area contributed by atoms with E-state index in [9.17, 15) is 70.6 Å². The van der Waals surface area contributed by atoms with E-state index >= 15 is 0 Å². The van der Waals surface area contributed by atoms with Crippen LogP contribution in [0.2, 0.25) is 0 Å². The van der Waals surface area contributed by atoms with Crippen LogP contribution in [-0.2, 0) is 24.7 Å². The molecule has 1 aliphatic rings. The van der Waals surface area contributed by atoms with E-state index < -0.39 is 122 Å². The zero-order valence-corrected chi connectivity index (χ0v) is 29.3. The molecule has 5 rings (SSSR count). The third kappa shape index (κ3) is 6.19. The Morgan fingerprint density at radius 1 is 0.685 bits per heavy atom. The fraction of sp³-hybridized carbons (Fsp3) is 0.294. The van der Waals surface area contributed by atoms with Crippen LogP contribution in [0.5, 0.6) is 51.7 Å². The smallest absolute Gasteiger partial charge is 0.341 e. The third-order valence-corrected chi connectivity index (χ3v) is 10.2. The minimum atomic E-state index is -2.95. The van der Waals surface area contributed by atoms with Gasteiger partial charge in [-0.1, -0.05) is 0 Å². The molecule has 0 bridgehead atoms. The fourth-order valence-electron chi connectivity index (χ4n) is 5.76. The number of thiazole rings is 1. The van der Waals surface area contributed by atoms with Crippen molar-refractivity contribution in [1.82, 2.24) is 4.98 Å². The summed E-state index contributed by atoms with van der Waals surface area (Å²) in [5.41, 5.74) is -10.2. The Morgan fingerprint density at radius 3 is 1.46 bits per heavy atom. The lowest BCUT2D eigenvalue weighted by Crippen LogP contribution is -2.82. The molecule has 54 heavy (non-hydrogen) atoms. The number of phenols is 9. The van der Waals surface area contributed by atoms with Crippen molar-refractivity contribution in [1.29, 1.82) is 0 Å². The van der Waals surface area contributed by atoms with E-state index in [-0.39, 0.29) is 4.88 Å². The van der Waals surface area contributed by atoms with E-state index in [4.69, 9.17) is 18.9 Å². The number of esters is 3. The summed E-state index contributed by atoms with van der Waals surface area (Å²) in [7, 11) is 0. The van der Waals surface area contributed by atoms with Gasteiger partial charge in [0, 0.05) is 6.20 Å². The van der Waals surface area contributed by atoms with Crippen LogP contribution in [0.3, 0.4) is 0 Å². The van der Waals surface area contributed by atoms with Gasteiger partial charge in [0.2, 0.25) is 0 Å². The van der Waals surface area contributed by atoms with E-state index in [0.29, 0.717) is 29.3 Å². The Balaban J connectivity index is 1.68. The summed E-state index contributed by atoms with van der Waals surface area (Å²) < 4.78 is 23.1. The highest BCUT2D eigenvalue weighted by atomic mass is 32.1. The highest BCUT2D eigenvalue weighted by Gasteiger charge is 2.77. The SMILES string of the molecule is Cc1ncc([C@]2(OC(=O)c3cc(O)c(O)c(O)c3)O[C@H](COC(=O)c3cc(O)c(O)c(O)c3)[C@@](C)(O)[C@](C)(OC(=O)c3cc(O)c(O)c(O)c3)[C@@]2(C)O)s1. The lowest BCUT2D eigenvalue weighted by atomic mass is 9.64. The summed E-state index contributed by atoms with van der Waals surface area (Å²) in [5, 5.41) is 115. The topological polar surface area (TPSA) is 324 Å². The third-order valence-electron chi connectivity index (χ3n) is 9.23. The van der Waals surface area contributed by atoms with Crippen LogP contribution in [0, 0.1) is 6.92 Å². The summed E-state index contributed by atoms with van der Waals surface area (Å²) in [4.78, 5) is 44.6. The molecule has 288 valence electrons. The Labute approximate surface area is 307 Å². The number of aromatic nitrogens is 1. The predicted octanol–water partition coefficient (Wildman–Crippen LogP) is 2.19. The van der Waals surface area contributed by atoms with E-state index in [1.54, 1.807) is 0 Å². The first kappa shape index (κ1) is 39.0. The molecule has 0 saturated carbocycles. The zero-order valence-electron chi connectivity index (χ0n) is 28.5. The maximum Gasteiger partial charge on any atom is 0.341 e. The van der Waals surface area contributed by atoms with Gasteiger partial charge in [-0.15, -0.1) is 11.3 Å².